The molecule has 0 spiro atoms. The second kappa shape index (κ2) is 5.52. The lowest BCUT2D eigenvalue weighted by Gasteiger charge is -2.10. The number of hydrogen-bond acceptors (Lipinski definition) is 1. The summed E-state index contributed by atoms with van der Waals surface area (Å²) in [4.78, 5) is 0. The van der Waals surface area contributed by atoms with E-state index >= 15 is 0 Å². The largest absolute Gasteiger partial charge is 0.455 e. The predicted molar refractivity (Wildman–Crippen MR) is 70.6 cm³/mol. The van der Waals surface area contributed by atoms with Crippen LogP contribution < -0.4 is 4.74 Å². The van der Waals surface area contributed by atoms with Gasteiger partial charge in [0.1, 0.15) is 17.3 Å². The Morgan fingerprint density at radius 2 is 1.88 bits per heavy atom. The third-order valence-electron chi connectivity index (χ3n) is 2.22. The van der Waals surface area contributed by atoms with E-state index < -0.39 is 0 Å². The summed E-state index contributed by atoms with van der Waals surface area (Å²) in [6.07, 6.45) is 0. The first-order chi connectivity index (χ1) is 8.20. The second-order valence-corrected chi connectivity index (χ2v) is 4.39. The predicted octanol–water partition coefficient (Wildman–Crippen LogP) is 5.17. The quantitative estimate of drug-likeness (QED) is 0.710. The van der Waals surface area contributed by atoms with Crippen molar-refractivity contribution in [3.63, 3.8) is 0 Å². The van der Waals surface area contributed by atoms with Crippen molar-refractivity contribution >= 4 is 27.5 Å². The Balaban J connectivity index is 2.33. The smallest absolute Gasteiger partial charge is 0.146 e. The summed E-state index contributed by atoms with van der Waals surface area (Å²) in [6.45, 7) is 0. The molecular formula is C13H9BrClFO. The number of rotatable bonds is 3. The van der Waals surface area contributed by atoms with Gasteiger partial charge in [-0.3, -0.25) is 0 Å². The molecule has 88 valence electrons. The van der Waals surface area contributed by atoms with Gasteiger partial charge in [-0.25, -0.2) is 4.39 Å². The van der Waals surface area contributed by atoms with Crippen LogP contribution in [0.4, 0.5) is 4.39 Å². The van der Waals surface area contributed by atoms with Crippen molar-refractivity contribution in [3.05, 3.63) is 58.9 Å². The maximum absolute atomic E-state index is 13.0. The number of halogens is 3. The van der Waals surface area contributed by atoms with E-state index in [0.29, 0.717) is 21.9 Å². The minimum absolute atomic E-state index is 0.286. The van der Waals surface area contributed by atoms with Crippen molar-refractivity contribution in [1.29, 1.82) is 0 Å². The van der Waals surface area contributed by atoms with Crippen LogP contribution in [0, 0.1) is 5.82 Å². The van der Waals surface area contributed by atoms with Crippen LogP contribution in [0.3, 0.4) is 0 Å². The van der Waals surface area contributed by atoms with E-state index in [1.807, 2.05) is 12.1 Å². The average Bonchev–Trinajstić information content (AvgIpc) is 2.34. The number of alkyl halides is 1. The van der Waals surface area contributed by atoms with Crippen molar-refractivity contribution in [2.75, 3.05) is 0 Å². The Morgan fingerprint density at radius 3 is 2.59 bits per heavy atom. The third kappa shape index (κ3) is 2.99. The van der Waals surface area contributed by atoms with E-state index in [1.165, 1.54) is 12.1 Å². The van der Waals surface area contributed by atoms with E-state index in [0.717, 1.165) is 5.56 Å². The van der Waals surface area contributed by atoms with Crippen molar-refractivity contribution in [2.45, 2.75) is 5.33 Å². The van der Waals surface area contributed by atoms with Gasteiger partial charge in [0, 0.05) is 10.9 Å². The Hall–Kier alpha value is -1.06. The van der Waals surface area contributed by atoms with Gasteiger partial charge in [-0.05, 0) is 30.3 Å². The standard InChI is InChI=1S/C13H9BrClFO/c14-8-9-7-10(16)5-6-12(9)17-13-4-2-1-3-11(13)15/h1-7H,8H2. The van der Waals surface area contributed by atoms with Gasteiger partial charge in [0.25, 0.3) is 0 Å². The fraction of sp³-hybridized carbons (Fsp3) is 0.0769. The molecule has 0 amide bonds. The molecule has 0 atom stereocenters. The van der Waals surface area contributed by atoms with Crippen LogP contribution in [-0.2, 0) is 5.33 Å². The topological polar surface area (TPSA) is 9.23 Å². The van der Waals surface area contributed by atoms with Crippen molar-refractivity contribution in [2.24, 2.45) is 0 Å². The summed E-state index contributed by atoms with van der Waals surface area (Å²) >= 11 is 9.28. The fourth-order valence-corrected chi connectivity index (χ4v) is 2.01. The summed E-state index contributed by atoms with van der Waals surface area (Å²) < 4.78 is 18.7. The summed E-state index contributed by atoms with van der Waals surface area (Å²) in [5.41, 5.74) is 0.741. The highest BCUT2D eigenvalue weighted by molar-refractivity contribution is 9.08. The molecule has 0 saturated heterocycles. The molecule has 0 heterocycles. The van der Waals surface area contributed by atoms with Gasteiger partial charge < -0.3 is 4.74 Å². The Kier molecular flexibility index (Phi) is 4.02. The van der Waals surface area contributed by atoms with Gasteiger partial charge in [0.15, 0.2) is 0 Å². The van der Waals surface area contributed by atoms with Crippen LogP contribution in [0.5, 0.6) is 11.5 Å². The molecule has 0 unspecified atom stereocenters. The van der Waals surface area contributed by atoms with Crippen molar-refractivity contribution in [1.82, 2.24) is 0 Å². The van der Waals surface area contributed by atoms with E-state index in [4.69, 9.17) is 16.3 Å². The number of benzene rings is 2. The molecule has 0 fully saturated rings. The van der Waals surface area contributed by atoms with Crippen LogP contribution in [0.2, 0.25) is 5.02 Å². The summed E-state index contributed by atoms with van der Waals surface area (Å²) in [5, 5.41) is 1.04. The molecule has 2 aromatic carbocycles. The molecule has 0 aliphatic carbocycles. The first-order valence-electron chi connectivity index (χ1n) is 4.97. The molecule has 1 nitrogen and oxygen atoms in total. The van der Waals surface area contributed by atoms with Gasteiger partial charge >= 0.3 is 0 Å². The highest BCUT2D eigenvalue weighted by atomic mass is 79.9. The number of para-hydroxylation sites is 1. The lowest BCUT2D eigenvalue weighted by Crippen LogP contribution is -1.91. The maximum atomic E-state index is 13.0. The van der Waals surface area contributed by atoms with E-state index in [9.17, 15) is 4.39 Å². The normalized spacial score (nSPS) is 10.3. The Morgan fingerprint density at radius 1 is 1.12 bits per heavy atom. The van der Waals surface area contributed by atoms with Gasteiger partial charge in [-0.1, -0.05) is 39.7 Å². The first kappa shape index (κ1) is 12.4. The maximum Gasteiger partial charge on any atom is 0.146 e. The third-order valence-corrected chi connectivity index (χ3v) is 3.14. The summed E-state index contributed by atoms with van der Waals surface area (Å²) in [6, 6.07) is 11.6. The lowest BCUT2D eigenvalue weighted by molar-refractivity contribution is 0.476. The van der Waals surface area contributed by atoms with Crippen LogP contribution >= 0.6 is 27.5 Å². The van der Waals surface area contributed by atoms with Crippen molar-refractivity contribution < 1.29 is 9.13 Å². The van der Waals surface area contributed by atoms with E-state index in [-0.39, 0.29) is 5.82 Å². The highest BCUT2D eigenvalue weighted by Crippen LogP contribution is 2.32. The van der Waals surface area contributed by atoms with Gasteiger partial charge in [0.2, 0.25) is 0 Å². The van der Waals surface area contributed by atoms with Crippen molar-refractivity contribution in [3.8, 4) is 11.5 Å². The number of hydrogen-bond donors (Lipinski definition) is 0. The molecule has 0 aromatic heterocycles. The number of ether oxygens (including phenoxy) is 1. The SMILES string of the molecule is Fc1ccc(Oc2ccccc2Cl)c(CBr)c1. The molecule has 2 rings (SSSR count). The molecule has 0 aliphatic rings. The molecule has 0 saturated carbocycles. The minimum Gasteiger partial charge on any atom is -0.455 e. The molecule has 17 heavy (non-hydrogen) atoms. The molecule has 0 aliphatic heterocycles. The molecule has 4 heteroatoms. The summed E-state index contributed by atoms with van der Waals surface area (Å²) in [7, 11) is 0. The molecule has 0 radical (unpaired) electrons. The van der Waals surface area contributed by atoms with Gasteiger partial charge in [-0.2, -0.15) is 0 Å². The van der Waals surface area contributed by atoms with Crippen LogP contribution in [0.15, 0.2) is 42.5 Å². The van der Waals surface area contributed by atoms with E-state index in [2.05, 4.69) is 15.9 Å². The highest BCUT2D eigenvalue weighted by Gasteiger charge is 2.07. The average molecular weight is 316 g/mol. The van der Waals surface area contributed by atoms with Crippen LogP contribution in [0.1, 0.15) is 5.56 Å². The zero-order valence-corrected chi connectivity index (χ0v) is 11.1. The summed E-state index contributed by atoms with van der Waals surface area (Å²) in [5.74, 6) is 0.866. The fourth-order valence-electron chi connectivity index (χ4n) is 1.40. The van der Waals surface area contributed by atoms with E-state index in [1.54, 1.807) is 18.2 Å². The van der Waals surface area contributed by atoms with Gasteiger partial charge in [-0.15, -0.1) is 0 Å². The van der Waals surface area contributed by atoms with Gasteiger partial charge in [0.05, 0.1) is 5.02 Å². The lowest BCUT2D eigenvalue weighted by atomic mass is 10.2. The molecule has 2 aromatic rings. The molecular weight excluding hydrogens is 306 g/mol. The monoisotopic (exact) mass is 314 g/mol. The Labute approximate surface area is 112 Å². The second-order valence-electron chi connectivity index (χ2n) is 3.42. The zero-order valence-electron chi connectivity index (χ0n) is 8.79. The Bertz CT molecular complexity index is 531. The zero-order chi connectivity index (χ0) is 12.3. The minimum atomic E-state index is -0.286. The molecule has 0 N–H and O–H groups in total. The van der Waals surface area contributed by atoms with Crippen LogP contribution in [-0.4, -0.2) is 0 Å². The first-order valence-corrected chi connectivity index (χ1v) is 6.47. The molecule has 0 bridgehead atoms. The van der Waals surface area contributed by atoms with Crippen LogP contribution in [0.25, 0.3) is 0 Å².